The number of para-hydroxylation sites is 1. The molecule has 2 aliphatic carbocycles. The zero-order chi connectivity index (χ0) is 31.7. The van der Waals surface area contributed by atoms with Gasteiger partial charge >= 0.3 is 0 Å². The van der Waals surface area contributed by atoms with Crippen molar-refractivity contribution in [2.75, 3.05) is 4.90 Å². The Morgan fingerprint density at radius 2 is 0.854 bits per heavy atom. The molecule has 0 aliphatic heterocycles. The molecule has 1 unspecified atom stereocenters. The number of hydrogen-bond acceptors (Lipinski definition) is 1. The summed E-state index contributed by atoms with van der Waals surface area (Å²) in [6.45, 7) is 0. The molecule has 2 aliphatic rings. The van der Waals surface area contributed by atoms with Gasteiger partial charge in [0.25, 0.3) is 0 Å². The Kier molecular flexibility index (Phi) is 5.86. The van der Waals surface area contributed by atoms with E-state index >= 15 is 0 Å². The Morgan fingerprint density at radius 3 is 1.60 bits per heavy atom. The lowest BCUT2D eigenvalue weighted by Crippen LogP contribution is -2.26. The van der Waals surface area contributed by atoms with Crippen molar-refractivity contribution in [2.45, 2.75) is 5.41 Å². The standard InChI is InChI=1S/C47H31N/c1-3-13-32(14-4-1)33-23-26-36(27-24-33)48(35-16-5-2-6-17-35)37-28-30-41-39-19-9-11-21-43(39)47(45(41)31-37)44-22-12-10-20-40(44)42-29-25-34-15-7-8-18-38(34)46(42)47/h1-31H. The number of nitrogens with zero attached hydrogens (tertiary/aromatic N) is 1. The van der Waals surface area contributed by atoms with Crippen molar-refractivity contribution in [1.82, 2.24) is 0 Å². The van der Waals surface area contributed by atoms with Crippen LogP contribution in [-0.4, -0.2) is 0 Å². The van der Waals surface area contributed by atoms with Crippen molar-refractivity contribution in [3.8, 4) is 33.4 Å². The molecule has 0 radical (unpaired) electrons. The quantitative estimate of drug-likeness (QED) is 0.192. The van der Waals surface area contributed by atoms with Gasteiger partial charge in [-0.15, -0.1) is 0 Å². The monoisotopic (exact) mass is 609 g/mol. The van der Waals surface area contributed by atoms with E-state index in [9.17, 15) is 0 Å². The Bertz CT molecular complexity index is 2480. The maximum atomic E-state index is 2.47. The third-order valence-corrected chi connectivity index (χ3v) is 10.5. The molecule has 10 rings (SSSR count). The van der Waals surface area contributed by atoms with Crippen LogP contribution in [0.3, 0.4) is 0 Å². The van der Waals surface area contributed by atoms with Crippen molar-refractivity contribution in [2.24, 2.45) is 0 Å². The van der Waals surface area contributed by atoms with Crippen LogP contribution in [0.5, 0.6) is 0 Å². The van der Waals surface area contributed by atoms with E-state index in [1.165, 1.54) is 66.4 Å². The van der Waals surface area contributed by atoms with E-state index in [1.54, 1.807) is 0 Å². The minimum atomic E-state index is -0.436. The molecule has 0 saturated carbocycles. The van der Waals surface area contributed by atoms with Crippen LogP contribution in [0.1, 0.15) is 22.3 Å². The maximum absolute atomic E-state index is 2.47. The SMILES string of the molecule is c1ccc(-c2ccc(N(c3ccccc3)c3ccc4c(c3)C3(c5ccccc5-4)c4ccccc4-c4ccc5ccccc5c43)cc2)cc1. The van der Waals surface area contributed by atoms with Gasteiger partial charge in [-0.2, -0.15) is 0 Å². The smallest absolute Gasteiger partial charge is 0.0732 e. The third kappa shape index (κ3) is 3.73. The number of fused-ring (bicyclic) bond motifs is 12. The number of anilines is 3. The molecule has 1 nitrogen and oxygen atoms in total. The molecule has 0 saturated heterocycles. The molecule has 0 N–H and O–H groups in total. The molecule has 0 amide bonds. The summed E-state index contributed by atoms with van der Waals surface area (Å²) in [5, 5.41) is 2.59. The van der Waals surface area contributed by atoms with Gasteiger partial charge in [-0.1, -0.05) is 152 Å². The van der Waals surface area contributed by atoms with E-state index in [-0.39, 0.29) is 0 Å². The minimum absolute atomic E-state index is 0.436. The molecule has 224 valence electrons. The number of hydrogen-bond donors (Lipinski definition) is 0. The van der Waals surface area contributed by atoms with E-state index in [4.69, 9.17) is 0 Å². The van der Waals surface area contributed by atoms with Crippen LogP contribution in [0, 0.1) is 0 Å². The molecule has 0 heterocycles. The van der Waals surface area contributed by atoms with Crippen molar-refractivity contribution < 1.29 is 0 Å². The van der Waals surface area contributed by atoms with Crippen molar-refractivity contribution in [3.05, 3.63) is 210 Å². The van der Waals surface area contributed by atoms with E-state index in [0.29, 0.717) is 0 Å². The van der Waals surface area contributed by atoms with Crippen LogP contribution in [0.25, 0.3) is 44.2 Å². The largest absolute Gasteiger partial charge is 0.310 e. The average Bonchev–Trinajstić information content (AvgIpc) is 3.63. The lowest BCUT2D eigenvalue weighted by molar-refractivity contribution is 0.801. The number of rotatable bonds is 4. The van der Waals surface area contributed by atoms with Gasteiger partial charge in [-0.3, -0.25) is 0 Å². The molecule has 8 aromatic rings. The second kappa shape index (κ2) is 10.4. The Balaban J connectivity index is 1.25. The van der Waals surface area contributed by atoms with Gasteiger partial charge in [-0.05, 0) is 103 Å². The topological polar surface area (TPSA) is 3.24 Å². The second-order valence-corrected chi connectivity index (χ2v) is 12.9. The molecule has 1 spiro atoms. The summed E-state index contributed by atoms with van der Waals surface area (Å²) in [6.07, 6.45) is 0. The molecule has 8 aromatic carbocycles. The van der Waals surface area contributed by atoms with Crippen LogP contribution in [0.15, 0.2) is 188 Å². The molecule has 48 heavy (non-hydrogen) atoms. The molecule has 0 fully saturated rings. The normalized spacial score (nSPS) is 15.2. The van der Waals surface area contributed by atoms with Gasteiger partial charge in [-0.25, -0.2) is 0 Å². The predicted molar refractivity (Wildman–Crippen MR) is 200 cm³/mol. The predicted octanol–water partition coefficient (Wildman–Crippen LogP) is 12.3. The molecule has 0 aromatic heterocycles. The summed E-state index contributed by atoms with van der Waals surface area (Å²) in [5.74, 6) is 0. The van der Waals surface area contributed by atoms with E-state index in [2.05, 4.69) is 193 Å². The molecule has 1 heteroatoms. The zero-order valence-electron chi connectivity index (χ0n) is 26.3. The summed E-state index contributed by atoms with van der Waals surface area (Å²) < 4.78 is 0. The first kappa shape index (κ1) is 27.0. The first-order valence-corrected chi connectivity index (χ1v) is 16.7. The van der Waals surface area contributed by atoms with Gasteiger partial charge in [0.05, 0.1) is 5.41 Å². The molecule has 1 atom stereocenters. The summed E-state index contributed by atoms with van der Waals surface area (Å²) in [6, 6.07) is 69.1. The third-order valence-electron chi connectivity index (χ3n) is 10.5. The molecular formula is C47H31N. The van der Waals surface area contributed by atoms with E-state index < -0.39 is 5.41 Å². The Labute approximate surface area is 281 Å². The summed E-state index contributed by atoms with van der Waals surface area (Å²) in [7, 11) is 0. The Morgan fingerprint density at radius 1 is 0.333 bits per heavy atom. The lowest BCUT2D eigenvalue weighted by Gasteiger charge is -2.33. The van der Waals surface area contributed by atoms with Gasteiger partial charge in [0.2, 0.25) is 0 Å². The van der Waals surface area contributed by atoms with Crippen LogP contribution >= 0.6 is 0 Å². The van der Waals surface area contributed by atoms with Crippen molar-refractivity contribution in [1.29, 1.82) is 0 Å². The highest BCUT2D eigenvalue weighted by Crippen LogP contribution is 2.64. The summed E-state index contributed by atoms with van der Waals surface area (Å²) in [4.78, 5) is 2.40. The Hall–Kier alpha value is -6.18. The van der Waals surface area contributed by atoms with Crippen LogP contribution in [-0.2, 0) is 5.41 Å². The molecule has 0 bridgehead atoms. The number of benzene rings is 8. The van der Waals surface area contributed by atoms with Gasteiger partial charge in [0, 0.05) is 17.1 Å². The second-order valence-electron chi connectivity index (χ2n) is 12.9. The maximum Gasteiger partial charge on any atom is 0.0732 e. The van der Waals surface area contributed by atoms with Crippen LogP contribution in [0.2, 0.25) is 0 Å². The van der Waals surface area contributed by atoms with Crippen molar-refractivity contribution >= 4 is 27.8 Å². The average molecular weight is 610 g/mol. The van der Waals surface area contributed by atoms with Crippen LogP contribution in [0.4, 0.5) is 17.1 Å². The fourth-order valence-corrected chi connectivity index (χ4v) is 8.50. The van der Waals surface area contributed by atoms with Crippen molar-refractivity contribution in [3.63, 3.8) is 0 Å². The van der Waals surface area contributed by atoms with E-state index in [1.807, 2.05) is 0 Å². The minimum Gasteiger partial charge on any atom is -0.310 e. The highest BCUT2D eigenvalue weighted by molar-refractivity contribution is 6.04. The first-order chi connectivity index (χ1) is 23.8. The first-order valence-electron chi connectivity index (χ1n) is 16.7. The van der Waals surface area contributed by atoms with Crippen LogP contribution < -0.4 is 4.90 Å². The summed E-state index contributed by atoms with van der Waals surface area (Å²) >= 11 is 0. The van der Waals surface area contributed by atoms with Gasteiger partial charge in [0.1, 0.15) is 0 Å². The summed E-state index contributed by atoms with van der Waals surface area (Å²) in [5.41, 5.74) is 16.1. The zero-order valence-corrected chi connectivity index (χ0v) is 26.3. The van der Waals surface area contributed by atoms with Gasteiger partial charge in [0.15, 0.2) is 0 Å². The highest BCUT2D eigenvalue weighted by Gasteiger charge is 2.52. The van der Waals surface area contributed by atoms with E-state index in [0.717, 1.165) is 17.1 Å². The highest BCUT2D eigenvalue weighted by atomic mass is 15.1. The lowest BCUT2D eigenvalue weighted by atomic mass is 9.69. The van der Waals surface area contributed by atoms with Gasteiger partial charge < -0.3 is 4.90 Å². The molecular weight excluding hydrogens is 579 g/mol. The fourth-order valence-electron chi connectivity index (χ4n) is 8.50. The fraction of sp³-hybridized carbons (Fsp3) is 0.0213.